The summed E-state index contributed by atoms with van der Waals surface area (Å²) >= 11 is 0. The second-order valence-electron chi connectivity index (χ2n) is 6.88. The number of likely N-dealkylation sites (tertiary alicyclic amines) is 1. The molecule has 0 unspecified atom stereocenters. The Labute approximate surface area is 146 Å². The largest absolute Gasteiger partial charge is 0.507 e. The van der Waals surface area contributed by atoms with Crippen LogP contribution in [-0.2, 0) is 6.54 Å². The molecule has 1 aromatic heterocycles. The van der Waals surface area contributed by atoms with E-state index >= 15 is 0 Å². The standard InChI is InChI=1S/C20H21NO4/c1-13-4-2-8-21(11-13)12-16-17(22)7-6-15-19(23)18(25-20(15)16)10-14-5-3-9-24-14/h3,5-7,9-10,13,22H,2,4,8,11-12H2,1H3/b18-10-/t13-/m0/s1. The molecule has 1 N–H and O–H groups in total. The average Bonchev–Trinajstić information content (AvgIpc) is 3.20. The minimum atomic E-state index is -0.181. The van der Waals surface area contributed by atoms with Crippen molar-refractivity contribution in [3.63, 3.8) is 0 Å². The molecule has 0 aliphatic carbocycles. The number of piperidine rings is 1. The Hall–Kier alpha value is -2.53. The number of nitrogens with zero attached hydrogens (tertiary/aromatic N) is 1. The van der Waals surface area contributed by atoms with Crippen molar-refractivity contribution in [2.45, 2.75) is 26.3 Å². The molecule has 0 amide bonds. The lowest BCUT2D eigenvalue weighted by molar-refractivity contribution is 0.101. The molecule has 1 fully saturated rings. The SMILES string of the molecule is C[C@H]1CCCN(Cc2c(O)ccc3c2O/C(=C\c2ccco2)C3=O)C1. The summed E-state index contributed by atoms with van der Waals surface area (Å²) < 4.78 is 11.1. The third-order valence-corrected chi connectivity index (χ3v) is 4.86. The highest BCUT2D eigenvalue weighted by molar-refractivity contribution is 6.14. The van der Waals surface area contributed by atoms with Gasteiger partial charge in [0.15, 0.2) is 5.76 Å². The molecule has 0 spiro atoms. The van der Waals surface area contributed by atoms with Gasteiger partial charge in [0, 0.05) is 19.2 Å². The molecule has 1 saturated heterocycles. The second-order valence-corrected chi connectivity index (χ2v) is 6.88. The lowest BCUT2D eigenvalue weighted by Crippen LogP contribution is -2.33. The number of Topliss-reactive ketones (excluding diaryl/α,β-unsaturated/α-hetero) is 1. The number of ether oxygens (including phenoxy) is 1. The van der Waals surface area contributed by atoms with Crippen LogP contribution in [0.3, 0.4) is 0 Å². The Balaban J connectivity index is 1.64. The van der Waals surface area contributed by atoms with Gasteiger partial charge in [-0.3, -0.25) is 9.69 Å². The summed E-state index contributed by atoms with van der Waals surface area (Å²) in [5.41, 5.74) is 1.18. The minimum absolute atomic E-state index is 0.170. The Morgan fingerprint density at radius 3 is 3.00 bits per heavy atom. The van der Waals surface area contributed by atoms with E-state index in [0.29, 0.717) is 35.1 Å². The van der Waals surface area contributed by atoms with Gasteiger partial charge in [0.2, 0.25) is 5.78 Å². The first kappa shape index (κ1) is 16.0. The molecule has 3 heterocycles. The van der Waals surface area contributed by atoms with E-state index in [1.54, 1.807) is 36.6 Å². The number of carbonyl (C=O) groups is 1. The van der Waals surface area contributed by atoms with Crippen LogP contribution in [0.1, 0.15) is 41.4 Å². The van der Waals surface area contributed by atoms with Gasteiger partial charge in [-0.05, 0) is 49.6 Å². The fraction of sp³-hybridized carbons (Fsp3) is 0.350. The molecular formula is C20H21NO4. The van der Waals surface area contributed by atoms with Crippen LogP contribution >= 0.6 is 0 Å². The van der Waals surface area contributed by atoms with Crippen LogP contribution in [0.25, 0.3) is 6.08 Å². The summed E-state index contributed by atoms with van der Waals surface area (Å²) in [5.74, 6) is 1.89. The molecule has 1 aromatic carbocycles. The summed E-state index contributed by atoms with van der Waals surface area (Å²) in [6, 6.07) is 6.73. The summed E-state index contributed by atoms with van der Waals surface area (Å²) in [6.07, 6.45) is 5.53. The predicted octanol–water partition coefficient (Wildman–Crippen LogP) is 3.83. The quantitative estimate of drug-likeness (QED) is 0.861. The number of benzene rings is 1. The highest BCUT2D eigenvalue weighted by Gasteiger charge is 2.32. The van der Waals surface area contributed by atoms with E-state index in [4.69, 9.17) is 9.15 Å². The maximum Gasteiger partial charge on any atom is 0.232 e. The van der Waals surface area contributed by atoms with Crippen molar-refractivity contribution in [3.05, 3.63) is 53.2 Å². The number of carbonyl (C=O) groups excluding carboxylic acids is 1. The van der Waals surface area contributed by atoms with Crippen LogP contribution in [0.4, 0.5) is 0 Å². The van der Waals surface area contributed by atoms with Gasteiger partial charge in [-0.1, -0.05) is 6.92 Å². The lowest BCUT2D eigenvalue weighted by Gasteiger charge is -2.31. The molecule has 5 nitrogen and oxygen atoms in total. The first-order valence-corrected chi connectivity index (χ1v) is 8.67. The van der Waals surface area contributed by atoms with E-state index in [9.17, 15) is 9.90 Å². The highest BCUT2D eigenvalue weighted by atomic mass is 16.5. The number of hydrogen-bond donors (Lipinski definition) is 1. The van der Waals surface area contributed by atoms with Crippen molar-refractivity contribution in [2.75, 3.05) is 13.1 Å². The van der Waals surface area contributed by atoms with Crippen molar-refractivity contribution in [2.24, 2.45) is 5.92 Å². The maximum absolute atomic E-state index is 12.6. The molecule has 130 valence electrons. The molecule has 5 heteroatoms. The van der Waals surface area contributed by atoms with Gasteiger partial charge < -0.3 is 14.3 Å². The van der Waals surface area contributed by atoms with E-state index < -0.39 is 0 Å². The number of aromatic hydroxyl groups is 1. The number of phenols is 1. The molecule has 1 atom stereocenters. The summed E-state index contributed by atoms with van der Waals surface area (Å²) in [7, 11) is 0. The third-order valence-electron chi connectivity index (χ3n) is 4.86. The molecule has 0 saturated carbocycles. The number of rotatable bonds is 3. The van der Waals surface area contributed by atoms with Crippen molar-refractivity contribution in [1.29, 1.82) is 0 Å². The molecule has 0 radical (unpaired) electrons. The number of phenolic OH excluding ortho intramolecular Hbond substituents is 1. The van der Waals surface area contributed by atoms with Crippen LogP contribution < -0.4 is 4.74 Å². The average molecular weight is 339 g/mol. The molecule has 2 aliphatic rings. The third kappa shape index (κ3) is 3.07. The summed E-state index contributed by atoms with van der Waals surface area (Å²) in [4.78, 5) is 14.9. The maximum atomic E-state index is 12.6. The van der Waals surface area contributed by atoms with Gasteiger partial charge in [-0.15, -0.1) is 0 Å². The molecule has 25 heavy (non-hydrogen) atoms. The summed E-state index contributed by atoms with van der Waals surface area (Å²) in [5, 5.41) is 10.3. The molecule has 0 bridgehead atoms. The topological polar surface area (TPSA) is 62.9 Å². The number of fused-ring (bicyclic) bond motifs is 1. The summed E-state index contributed by atoms with van der Waals surface area (Å²) in [6.45, 7) is 4.81. The van der Waals surface area contributed by atoms with Gasteiger partial charge in [0.25, 0.3) is 0 Å². The molecule has 2 aliphatic heterocycles. The Bertz CT molecular complexity index is 822. The van der Waals surface area contributed by atoms with Crippen LogP contribution in [0.2, 0.25) is 0 Å². The first-order chi connectivity index (χ1) is 12.1. The second kappa shape index (κ2) is 6.41. The van der Waals surface area contributed by atoms with Gasteiger partial charge in [-0.2, -0.15) is 0 Å². The van der Waals surface area contributed by atoms with Gasteiger partial charge >= 0.3 is 0 Å². The Morgan fingerprint density at radius 1 is 1.36 bits per heavy atom. The molecule has 4 rings (SSSR count). The predicted molar refractivity (Wildman–Crippen MR) is 93.4 cm³/mol. The minimum Gasteiger partial charge on any atom is -0.507 e. The van der Waals surface area contributed by atoms with Crippen molar-refractivity contribution < 1.29 is 19.1 Å². The molecule has 2 aromatic rings. The Kier molecular flexibility index (Phi) is 4.09. The Morgan fingerprint density at radius 2 is 2.24 bits per heavy atom. The zero-order valence-electron chi connectivity index (χ0n) is 14.2. The smallest absolute Gasteiger partial charge is 0.232 e. The van der Waals surface area contributed by atoms with E-state index in [1.165, 1.54) is 6.42 Å². The fourth-order valence-electron chi connectivity index (χ4n) is 3.61. The highest BCUT2D eigenvalue weighted by Crippen LogP contribution is 2.40. The normalized spacial score (nSPS) is 22.2. The van der Waals surface area contributed by atoms with Crippen LogP contribution in [0.15, 0.2) is 40.7 Å². The van der Waals surface area contributed by atoms with Gasteiger partial charge in [0.05, 0.1) is 17.4 Å². The lowest BCUT2D eigenvalue weighted by atomic mass is 9.99. The fourth-order valence-corrected chi connectivity index (χ4v) is 3.61. The van der Waals surface area contributed by atoms with Crippen molar-refractivity contribution >= 4 is 11.9 Å². The first-order valence-electron chi connectivity index (χ1n) is 8.67. The van der Waals surface area contributed by atoms with Crippen molar-refractivity contribution in [1.82, 2.24) is 4.90 Å². The zero-order valence-corrected chi connectivity index (χ0v) is 14.2. The van der Waals surface area contributed by atoms with Crippen LogP contribution in [0, 0.1) is 5.92 Å². The number of ketones is 1. The molecular weight excluding hydrogens is 318 g/mol. The van der Waals surface area contributed by atoms with E-state index in [2.05, 4.69) is 11.8 Å². The monoisotopic (exact) mass is 339 g/mol. The van der Waals surface area contributed by atoms with E-state index in [1.807, 2.05) is 0 Å². The van der Waals surface area contributed by atoms with Crippen LogP contribution in [-0.4, -0.2) is 28.9 Å². The number of allylic oxidation sites excluding steroid dienone is 1. The van der Waals surface area contributed by atoms with Gasteiger partial charge in [-0.25, -0.2) is 0 Å². The van der Waals surface area contributed by atoms with Crippen molar-refractivity contribution in [3.8, 4) is 11.5 Å². The van der Waals surface area contributed by atoms with Crippen LogP contribution in [0.5, 0.6) is 11.5 Å². The van der Waals surface area contributed by atoms with Gasteiger partial charge in [0.1, 0.15) is 17.3 Å². The zero-order chi connectivity index (χ0) is 17.4. The number of furan rings is 1. The number of hydrogen-bond acceptors (Lipinski definition) is 5. The van der Waals surface area contributed by atoms with E-state index in [-0.39, 0.29) is 17.3 Å². The van der Waals surface area contributed by atoms with E-state index in [0.717, 1.165) is 19.5 Å².